The van der Waals surface area contributed by atoms with Crippen molar-refractivity contribution in [3.05, 3.63) is 30.1 Å². The highest BCUT2D eigenvalue weighted by Gasteiger charge is 2.13. The van der Waals surface area contributed by atoms with Crippen molar-refractivity contribution in [1.82, 2.24) is 9.88 Å². The Morgan fingerprint density at radius 2 is 2.06 bits per heavy atom. The summed E-state index contributed by atoms with van der Waals surface area (Å²) >= 11 is 5.70. The smallest absolute Gasteiger partial charge is 0.254 e. The molecule has 88 valence electrons. The molecule has 4 heteroatoms. The van der Waals surface area contributed by atoms with Gasteiger partial charge in [0.05, 0.1) is 0 Å². The Labute approximate surface area is 101 Å². The molecular weight excluding hydrogens is 224 g/mol. The Hall–Kier alpha value is -1.09. The SMILES string of the molecule is CCCCN(CCCl)C(=O)c1ccncc1. The molecule has 0 fully saturated rings. The molecule has 0 N–H and O–H groups in total. The summed E-state index contributed by atoms with van der Waals surface area (Å²) in [7, 11) is 0. The molecule has 1 aromatic heterocycles. The summed E-state index contributed by atoms with van der Waals surface area (Å²) in [5.74, 6) is 0.511. The number of nitrogens with zero attached hydrogens (tertiary/aromatic N) is 2. The van der Waals surface area contributed by atoms with Crippen LogP contribution < -0.4 is 0 Å². The molecule has 0 unspecified atom stereocenters. The van der Waals surface area contributed by atoms with Gasteiger partial charge in [0, 0.05) is 36.9 Å². The molecule has 3 nitrogen and oxygen atoms in total. The topological polar surface area (TPSA) is 33.2 Å². The van der Waals surface area contributed by atoms with Crippen LogP contribution >= 0.6 is 11.6 Å². The number of carbonyl (C=O) groups is 1. The third-order valence-electron chi connectivity index (χ3n) is 2.35. The van der Waals surface area contributed by atoms with Gasteiger partial charge < -0.3 is 4.90 Å². The van der Waals surface area contributed by atoms with Gasteiger partial charge in [0.1, 0.15) is 0 Å². The summed E-state index contributed by atoms with van der Waals surface area (Å²) in [5.41, 5.74) is 0.677. The number of hydrogen-bond acceptors (Lipinski definition) is 2. The van der Waals surface area contributed by atoms with Crippen LogP contribution in [0.5, 0.6) is 0 Å². The molecule has 0 aromatic carbocycles. The van der Waals surface area contributed by atoms with Gasteiger partial charge in [0.25, 0.3) is 5.91 Å². The molecule has 1 aromatic rings. The van der Waals surface area contributed by atoms with E-state index in [2.05, 4.69) is 11.9 Å². The number of halogens is 1. The van der Waals surface area contributed by atoms with Crippen LogP contribution in [0.2, 0.25) is 0 Å². The van der Waals surface area contributed by atoms with Crippen LogP contribution in [0.3, 0.4) is 0 Å². The van der Waals surface area contributed by atoms with Crippen LogP contribution in [-0.2, 0) is 0 Å². The van der Waals surface area contributed by atoms with Gasteiger partial charge in [0.15, 0.2) is 0 Å². The van der Waals surface area contributed by atoms with Crippen molar-refractivity contribution in [2.45, 2.75) is 19.8 Å². The first-order valence-electron chi connectivity index (χ1n) is 5.54. The van der Waals surface area contributed by atoms with E-state index in [4.69, 9.17) is 11.6 Å². The standard InChI is InChI=1S/C12H17ClN2O/c1-2-3-9-15(10-6-13)12(16)11-4-7-14-8-5-11/h4-5,7-8H,2-3,6,9-10H2,1H3. The molecule has 0 spiro atoms. The normalized spacial score (nSPS) is 10.1. The van der Waals surface area contributed by atoms with E-state index in [-0.39, 0.29) is 5.91 Å². The third kappa shape index (κ3) is 3.81. The monoisotopic (exact) mass is 240 g/mol. The van der Waals surface area contributed by atoms with Gasteiger partial charge in [-0.1, -0.05) is 13.3 Å². The van der Waals surface area contributed by atoms with E-state index in [1.807, 2.05) is 0 Å². The lowest BCUT2D eigenvalue weighted by molar-refractivity contribution is 0.0763. The molecule has 0 aliphatic carbocycles. The van der Waals surface area contributed by atoms with Gasteiger partial charge in [-0.2, -0.15) is 0 Å². The fraction of sp³-hybridized carbons (Fsp3) is 0.500. The summed E-state index contributed by atoms with van der Waals surface area (Å²) in [6.07, 6.45) is 5.34. The van der Waals surface area contributed by atoms with Gasteiger partial charge >= 0.3 is 0 Å². The summed E-state index contributed by atoms with van der Waals surface area (Å²) in [4.78, 5) is 17.8. The number of rotatable bonds is 6. The lowest BCUT2D eigenvalue weighted by atomic mass is 10.2. The van der Waals surface area contributed by atoms with E-state index >= 15 is 0 Å². The second-order valence-corrected chi connectivity index (χ2v) is 3.95. The Kier molecular flexibility index (Phi) is 5.86. The maximum absolute atomic E-state index is 12.1. The molecule has 0 radical (unpaired) electrons. The van der Waals surface area contributed by atoms with Crippen molar-refractivity contribution in [2.24, 2.45) is 0 Å². The molecule has 1 heterocycles. The number of carbonyl (C=O) groups excluding carboxylic acids is 1. The zero-order chi connectivity index (χ0) is 11.8. The average molecular weight is 241 g/mol. The van der Waals surface area contributed by atoms with Crippen molar-refractivity contribution in [1.29, 1.82) is 0 Å². The molecule has 0 atom stereocenters. The Morgan fingerprint density at radius 3 is 2.62 bits per heavy atom. The van der Waals surface area contributed by atoms with E-state index in [9.17, 15) is 4.79 Å². The fourth-order valence-electron chi connectivity index (χ4n) is 1.44. The van der Waals surface area contributed by atoms with Crippen molar-refractivity contribution < 1.29 is 4.79 Å². The lowest BCUT2D eigenvalue weighted by Crippen LogP contribution is -2.33. The van der Waals surface area contributed by atoms with Crippen LogP contribution in [0.15, 0.2) is 24.5 Å². The van der Waals surface area contributed by atoms with E-state index in [0.717, 1.165) is 19.4 Å². The largest absolute Gasteiger partial charge is 0.337 e. The average Bonchev–Trinajstić information content (AvgIpc) is 2.35. The Morgan fingerprint density at radius 1 is 1.38 bits per heavy atom. The van der Waals surface area contributed by atoms with E-state index < -0.39 is 0 Å². The second kappa shape index (κ2) is 7.23. The summed E-state index contributed by atoms with van der Waals surface area (Å²) < 4.78 is 0. The van der Waals surface area contributed by atoms with Crippen LogP contribution in [0.4, 0.5) is 0 Å². The van der Waals surface area contributed by atoms with E-state index in [1.165, 1.54) is 0 Å². The van der Waals surface area contributed by atoms with Crippen LogP contribution in [0.1, 0.15) is 30.1 Å². The van der Waals surface area contributed by atoms with Gasteiger partial charge in [0.2, 0.25) is 0 Å². The maximum Gasteiger partial charge on any atom is 0.254 e. The predicted octanol–water partition coefficient (Wildman–Crippen LogP) is 2.56. The summed E-state index contributed by atoms with van der Waals surface area (Å²) in [6, 6.07) is 3.46. The van der Waals surface area contributed by atoms with Crippen molar-refractivity contribution in [3.63, 3.8) is 0 Å². The van der Waals surface area contributed by atoms with Gasteiger partial charge in [-0.15, -0.1) is 11.6 Å². The van der Waals surface area contributed by atoms with Crippen LogP contribution in [-0.4, -0.2) is 34.8 Å². The van der Waals surface area contributed by atoms with Gasteiger partial charge in [-0.25, -0.2) is 0 Å². The minimum atomic E-state index is 0.0384. The summed E-state index contributed by atoms with van der Waals surface area (Å²) in [6.45, 7) is 3.48. The second-order valence-electron chi connectivity index (χ2n) is 3.57. The molecule has 0 bridgehead atoms. The molecule has 0 aliphatic heterocycles. The van der Waals surface area contributed by atoms with Gasteiger partial charge in [-0.3, -0.25) is 9.78 Å². The van der Waals surface area contributed by atoms with Crippen LogP contribution in [0, 0.1) is 0 Å². The minimum Gasteiger partial charge on any atom is -0.337 e. The lowest BCUT2D eigenvalue weighted by Gasteiger charge is -2.21. The first-order valence-corrected chi connectivity index (χ1v) is 6.08. The number of hydrogen-bond donors (Lipinski definition) is 0. The Bertz CT molecular complexity index is 316. The number of pyridine rings is 1. The number of unbranched alkanes of at least 4 members (excludes halogenated alkanes) is 1. The Balaban J connectivity index is 2.67. The fourth-order valence-corrected chi connectivity index (χ4v) is 1.65. The van der Waals surface area contributed by atoms with E-state index in [0.29, 0.717) is 18.0 Å². The number of amides is 1. The zero-order valence-electron chi connectivity index (χ0n) is 9.53. The quantitative estimate of drug-likeness (QED) is 0.716. The first kappa shape index (κ1) is 13.0. The first-order chi connectivity index (χ1) is 7.79. The number of alkyl halides is 1. The third-order valence-corrected chi connectivity index (χ3v) is 2.52. The molecule has 16 heavy (non-hydrogen) atoms. The highest BCUT2D eigenvalue weighted by atomic mass is 35.5. The van der Waals surface area contributed by atoms with Crippen molar-refractivity contribution in [2.75, 3.05) is 19.0 Å². The molecular formula is C12H17ClN2O. The molecule has 0 saturated carbocycles. The van der Waals surface area contributed by atoms with E-state index in [1.54, 1.807) is 29.4 Å². The van der Waals surface area contributed by atoms with Crippen molar-refractivity contribution >= 4 is 17.5 Å². The highest BCUT2D eigenvalue weighted by molar-refractivity contribution is 6.18. The number of aromatic nitrogens is 1. The highest BCUT2D eigenvalue weighted by Crippen LogP contribution is 2.05. The predicted molar refractivity (Wildman–Crippen MR) is 65.8 cm³/mol. The maximum atomic E-state index is 12.1. The summed E-state index contributed by atoms with van der Waals surface area (Å²) in [5, 5.41) is 0. The van der Waals surface area contributed by atoms with Crippen molar-refractivity contribution in [3.8, 4) is 0 Å². The van der Waals surface area contributed by atoms with Gasteiger partial charge in [-0.05, 0) is 18.6 Å². The zero-order valence-corrected chi connectivity index (χ0v) is 10.3. The molecule has 0 saturated heterocycles. The van der Waals surface area contributed by atoms with Crippen LogP contribution in [0.25, 0.3) is 0 Å². The molecule has 1 rings (SSSR count). The minimum absolute atomic E-state index is 0.0384. The molecule has 0 aliphatic rings. The molecule has 1 amide bonds.